The summed E-state index contributed by atoms with van der Waals surface area (Å²) in [4.78, 5) is 41.4. The van der Waals surface area contributed by atoms with Gasteiger partial charge in [-0.15, -0.1) is 0 Å². The normalized spacial score (nSPS) is 17.8. The maximum absolute atomic E-state index is 14.6. The Balaban J connectivity index is 2.12. The van der Waals surface area contributed by atoms with Gasteiger partial charge in [-0.2, -0.15) is 0 Å². The topological polar surface area (TPSA) is 148 Å². The Morgan fingerprint density at radius 3 is 2.30 bits per heavy atom. The molecule has 43 heavy (non-hydrogen) atoms. The first-order valence-electron chi connectivity index (χ1n) is 14.6. The number of amides is 3. The van der Waals surface area contributed by atoms with E-state index in [1.807, 2.05) is 38.1 Å². The zero-order valence-corrected chi connectivity index (χ0v) is 25.1. The van der Waals surface area contributed by atoms with Gasteiger partial charge in [0.1, 0.15) is 11.6 Å². The summed E-state index contributed by atoms with van der Waals surface area (Å²) in [7, 11) is 1.58. The van der Waals surface area contributed by atoms with Crippen LogP contribution < -0.4 is 21.5 Å². The summed E-state index contributed by atoms with van der Waals surface area (Å²) in [5.41, 5.74) is 11.5. The zero-order chi connectivity index (χ0) is 31.6. The van der Waals surface area contributed by atoms with E-state index in [2.05, 4.69) is 5.32 Å². The molecule has 1 aliphatic rings. The summed E-state index contributed by atoms with van der Waals surface area (Å²) in [6.45, 7) is 5.28. The number of methoxy groups -OCH3 is 1. The number of aliphatic hydroxyl groups is 1. The third-order valence-corrected chi connectivity index (χ3v) is 7.81. The smallest absolute Gasteiger partial charge is 0.248 e. The molecule has 2 aromatic carbocycles. The fraction of sp³-hybridized carbons (Fsp3) is 0.424. The highest BCUT2D eigenvalue weighted by Crippen LogP contribution is 2.45. The zero-order valence-electron chi connectivity index (χ0n) is 25.1. The van der Waals surface area contributed by atoms with E-state index in [4.69, 9.17) is 16.2 Å². The molecule has 0 fully saturated rings. The van der Waals surface area contributed by atoms with Gasteiger partial charge in [-0.3, -0.25) is 14.4 Å². The maximum atomic E-state index is 14.6. The summed E-state index contributed by atoms with van der Waals surface area (Å²) >= 11 is 0. The van der Waals surface area contributed by atoms with E-state index in [1.54, 1.807) is 24.1 Å². The molecule has 0 saturated heterocycles. The van der Waals surface area contributed by atoms with Crippen LogP contribution >= 0.6 is 0 Å². The minimum absolute atomic E-state index is 0.0259. The van der Waals surface area contributed by atoms with Crippen molar-refractivity contribution in [3.63, 3.8) is 0 Å². The fourth-order valence-electron chi connectivity index (χ4n) is 5.73. The molecule has 0 aromatic heterocycles. The van der Waals surface area contributed by atoms with Crippen LogP contribution in [0.2, 0.25) is 0 Å². The Morgan fingerprint density at radius 1 is 1.05 bits per heavy atom. The maximum Gasteiger partial charge on any atom is 0.248 e. The van der Waals surface area contributed by atoms with Gasteiger partial charge in [-0.25, -0.2) is 4.39 Å². The van der Waals surface area contributed by atoms with Crippen LogP contribution in [-0.4, -0.2) is 60.6 Å². The number of hydrogen-bond acceptors (Lipinski definition) is 6. The van der Waals surface area contributed by atoms with Crippen LogP contribution in [0.25, 0.3) is 0 Å². The lowest BCUT2D eigenvalue weighted by Crippen LogP contribution is -2.54. The van der Waals surface area contributed by atoms with Crippen LogP contribution in [0.15, 0.2) is 71.8 Å². The molecule has 10 heteroatoms. The molecule has 9 nitrogen and oxygen atoms in total. The molecule has 1 unspecified atom stereocenters. The molecule has 1 aliphatic carbocycles. The van der Waals surface area contributed by atoms with Gasteiger partial charge in [-0.1, -0.05) is 44.2 Å². The molecular formula is C33H43FN4O5. The molecule has 3 amide bonds. The second-order valence-corrected chi connectivity index (χ2v) is 11.0. The Morgan fingerprint density at radius 2 is 1.72 bits per heavy atom. The number of carbonyl (C=O) groups is 3. The van der Waals surface area contributed by atoms with Crippen molar-refractivity contribution in [2.24, 2.45) is 22.8 Å². The standard InChI is InChI=1S/C33H43FN4O5/c1-4-13-38(14-5-2)32(42)33(18-24(30(35)40)17-25(19-33)31(36)41)28(16-22-9-11-26(34)12-10-22)29(39)21-37-20-23-7-6-8-27(15-23)43-3/h6-12,15,17-18,28-29,37,39H,4-5,13-14,16,19-21H2,1-3H3,(H2,35,40)(H2,36,41)/t28-,29+,33?/m1/s1. The van der Waals surface area contributed by atoms with Gasteiger partial charge in [0.2, 0.25) is 17.7 Å². The summed E-state index contributed by atoms with van der Waals surface area (Å²) in [6, 6.07) is 13.3. The number of rotatable bonds is 16. The monoisotopic (exact) mass is 594 g/mol. The number of nitrogens with one attached hydrogen (secondary N) is 1. The average Bonchev–Trinajstić information content (AvgIpc) is 2.99. The van der Waals surface area contributed by atoms with Crippen LogP contribution in [0.1, 0.15) is 44.2 Å². The van der Waals surface area contributed by atoms with Crippen LogP contribution in [-0.2, 0) is 27.3 Å². The fourth-order valence-corrected chi connectivity index (χ4v) is 5.73. The largest absolute Gasteiger partial charge is 0.497 e. The Kier molecular flexibility index (Phi) is 12.0. The number of benzene rings is 2. The molecule has 6 N–H and O–H groups in total. The number of primary amides is 2. The highest BCUT2D eigenvalue weighted by molar-refractivity contribution is 6.03. The predicted octanol–water partition coefficient (Wildman–Crippen LogP) is 3.01. The second-order valence-electron chi connectivity index (χ2n) is 11.0. The highest BCUT2D eigenvalue weighted by Gasteiger charge is 2.51. The first kappa shape index (κ1) is 33.5. The lowest BCUT2D eigenvalue weighted by atomic mass is 9.62. The van der Waals surface area contributed by atoms with Gasteiger partial charge in [-0.05, 0) is 67.2 Å². The van der Waals surface area contributed by atoms with E-state index in [0.717, 1.165) is 5.56 Å². The number of aliphatic hydroxyl groups excluding tert-OH is 1. The second kappa shape index (κ2) is 15.5. The third kappa shape index (κ3) is 8.52. The molecule has 0 spiro atoms. The summed E-state index contributed by atoms with van der Waals surface area (Å²) in [5, 5.41) is 15.1. The Bertz CT molecular complexity index is 1340. The lowest BCUT2D eigenvalue weighted by molar-refractivity contribution is -0.145. The highest BCUT2D eigenvalue weighted by atomic mass is 19.1. The van der Waals surface area contributed by atoms with Crippen molar-refractivity contribution in [3.8, 4) is 5.75 Å². The number of carbonyl (C=O) groups excluding carboxylic acids is 3. The van der Waals surface area contributed by atoms with Crippen molar-refractivity contribution in [2.75, 3.05) is 26.7 Å². The van der Waals surface area contributed by atoms with E-state index in [1.165, 1.54) is 24.3 Å². The van der Waals surface area contributed by atoms with Crippen molar-refractivity contribution in [1.82, 2.24) is 10.2 Å². The van der Waals surface area contributed by atoms with Crippen molar-refractivity contribution in [1.29, 1.82) is 0 Å². The minimum Gasteiger partial charge on any atom is -0.497 e. The van der Waals surface area contributed by atoms with Crippen molar-refractivity contribution >= 4 is 17.7 Å². The van der Waals surface area contributed by atoms with Crippen LogP contribution in [0.5, 0.6) is 5.75 Å². The number of halogens is 1. The molecule has 3 rings (SSSR count). The van der Waals surface area contributed by atoms with Gasteiger partial charge in [0.25, 0.3) is 0 Å². The van der Waals surface area contributed by atoms with Crippen LogP contribution in [0, 0.1) is 17.2 Å². The molecule has 0 saturated carbocycles. The van der Waals surface area contributed by atoms with E-state index in [0.29, 0.717) is 43.8 Å². The quantitative estimate of drug-likeness (QED) is 0.235. The molecule has 0 bridgehead atoms. The molecular weight excluding hydrogens is 551 g/mol. The first-order chi connectivity index (χ1) is 20.5. The van der Waals surface area contributed by atoms with E-state index in [-0.39, 0.29) is 36.4 Å². The van der Waals surface area contributed by atoms with E-state index >= 15 is 0 Å². The Labute approximate surface area is 252 Å². The van der Waals surface area contributed by atoms with Gasteiger partial charge >= 0.3 is 0 Å². The summed E-state index contributed by atoms with van der Waals surface area (Å²) in [5.74, 6) is -2.51. The van der Waals surface area contributed by atoms with Crippen molar-refractivity contribution < 1.29 is 28.6 Å². The van der Waals surface area contributed by atoms with Crippen molar-refractivity contribution in [3.05, 3.63) is 88.8 Å². The van der Waals surface area contributed by atoms with Crippen LogP contribution in [0.4, 0.5) is 4.39 Å². The molecule has 0 aliphatic heterocycles. The van der Waals surface area contributed by atoms with Crippen LogP contribution in [0.3, 0.4) is 0 Å². The average molecular weight is 595 g/mol. The van der Waals surface area contributed by atoms with E-state index < -0.39 is 35.1 Å². The number of nitrogens with two attached hydrogens (primary N) is 2. The summed E-state index contributed by atoms with van der Waals surface area (Å²) < 4.78 is 19.1. The SMILES string of the molecule is CCCN(CCC)C(=O)C1([C@H](Cc2ccc(F)cc2)[C@@H](O)CNCc2cccc(OC)c2)C=C(C(N)=O)C=C(C(N)=O)C1. The molecule has 0 heterocycles. The van der Waals surface area contributed by atoms with Gasteiger partial charge < -0.3 is 31.5 Å². The van der Waals surface area contributed by atoms with Gasteiger partial charge in [0, 0.05) is 43.2 Å². The molecule has 3 atom stereocenters. The molecule has 232 valence electrons. The van der Waals surface area contributed by atoms with Gasteiger partial charge in [0.05, 0.1) is 18.6 Å². The Hall–Kier alpha value is -4.02. The minimum atomic E-state index is -1.54. The molecule has 0 radical (unpaired) electrons. The predicted molar refractivity (Wildman–Crippen MR) is 163 cm³/mol. The van der Waals surface area contributed by atoms with Gasteiger partial charge in [0.15, 0.2) is 0 Å². The number of hydrogen-bond donors (Lipinski definition) is 4. The van der Waals surface area contributed by atoms with Crippen molar-refractivity contribution in [2.45, 2.75) is 52.2 Å². The van der Waals surface area contributed by atoms with E-state index in [9.17, 15) is 23.9 Å². The number of ether oxygens (including phenoxy) is 1. The lowest BCUT2D eigenvalue weighted by Gasteiger charge is -2.45. The molecule has 2 aromatic rings. The summed E-state index contributed by atoms with van der Waals surface area (Å²) in [6.07, 6.45) is 3.07. The third-order valence-electron chi connectivity index (χ3n) is 7.81. The number of nitrogens with zero attached hydrogens (tertiary/aromatic N) is 1. The first-order valence-corrected chi connectivity index (χ1v) is 14.6.